The number of benzene rings is 1. The number of ether oxygens (including phenoxy) is 1. The van der Waals surface area contributed by atoms with E-state index in [1.54, 1.807) is 0 Å². The minimum absolute atomic E-state index is 0.0394. The fourth-order valence-electron chi connectivity index (χ4n) is 2.38. The van der Waals surface area contributed by atoms with Crippen molar-refractivity contribution in [3.05, 3.63) is 47.8 Å². The Kier molecular flexibility index (Phi) is 7.77. The van der Waals surface area contributed by atoms with Crippen molar-refractivity contribution in [3.8, 4) is 11.5 Å². The number of unbranched alkanes of at least 4 members (excludes halogenated alkanes) is 2. The van der Waals surface area contributed by atoms with E-state index in [-0.39, 0.29) is 34.5 Å². The van der Waals surface area contributed by atoms with E-state index in [1.165, 1.54) is 24.4 Å². The van der Waals surface area contributed by atoms with Crippen molar-refractivity contribution in [2.45, 2.75) is 32.4 Å². The zero-order valence-electron chi connectivity index (χ0n) is 15.5. The molecule has 156 valence electrons. The summed E-state index contributed by atoms with van der Waals surface area (Å²) in [7, 11) is 0. The van der Waals surface area contributed by atoms with Crippen LogP contribution in [0.3, 0.4) is 0 Å². The lowest BCUT2D eigenvalue weighted by Crippen LogP contribution is -2.34. The number of anilines is 1. The average Bonchev–Trinajstić information content (AvgIpc) is 2.65. The third kappa shape index (κ3) is 6.90. The van der Waals surface area contributed by atoms with Crippen molar-refractivity contribution in [2.24, 2.45) is 0 Å². The van der Waals surface area contributed by atoms with Gasteiger partial charge in [-0.1, -0.05) is 19.8 Å². The van der Waals surface area contributed by atoms with Crippen LogP contribution >= 0.6 is 12.2 Å². The molecule has 6 nitrogen and oxygen atoms in total. The van der Waals surface area contributed by atoms with Gasteiger partial charge in [-0.25, -0.2) is 0 Å². The smallest absolute Gasteiger partial charge is 0.420 e. The fourth-order valence-corrected chi connectivity index (χ4v) is 2.59. The maximum absolute atomic E-state index is 13.4. The Morgan fingerprint density at radius 2 is 2.00 bits per heavy atom. The van der Waals surface area contributed by atoms with Gasteiger partial charge in [-0.2, -0.15) is 13.2 Å². The van der Waals surface area contributed by atoms with E-state index in [1.807, 2.05) is 6.92 Å². The van der Waals surface area contributed by atoms with Crippen LogP contribution in [0.25, 0.3) is 0 Å². The van der Waals surface area contributed by atoms with Gasteiger partial charge < -0.3 is 15.2 Å². The van der Waals surface area contributed by atoms with Gasteiger partial charge in [-0.3, -0.25) is 15.1 Å². The summed E-state index contributed by atoms with van der Waals surface area (Å²) in [4.78, 5) is 15.7. The first-order chi connectivity index (χ1) is 13.7. The fraction of sp³-hybridized carbons (Fsp3) is 0.316. The number of halogens is 3. The number of nitrogens with one attached hydrogen (secondary N) is 2. The molecule has 1 aromatic carbocycles. The second kappa shape index (κ2) is 10.1. The number of aromatic nitrogens is 1. The quantitative estimate of drug-likeness (QED) is 0.446. The van der Waals surface area contributed by atoms with Crippen LogP contribution in [0.2, 0.25) is 0 Å². The molecule has 0 aliphatic carbocycles. The molecule has 2 aromatic rings. The number of aromatic hydroxyl groups is 1. The van der Waals surface area contributed by atoms with Gasteiger partial charge in [0.15, 0.2) is 5.11 Å². The number of carbonyl (C=O) groups is 1. The summed E-state index contributed by atoms with van der Waals surface area (Å²) >= 11 is 4.98. The number of nitrogens with zero attached hydrogens (tertiary/aromatic N) is 1. The van der Waals surface area contributed by atoms with Crippen LogP contribution in [0.5, 0.6) is 11.5 Å². The molecular formula is C19H20F3N3O3S. The highest BCUT2D eigenvalue weighted by Gasteiger charge is 2.34. The van der Waals surface area contributed by atoms with E-state index < -0.39 is 17.6 Å². The minimum atomic E-state index is -4.62. The zero-order valence-corrected chi connectivity index (χ0v) is 16.4. The summed E-state index contributed by atoms with van der Waals surface area (Å²) in [5.41, 5.74) is -0.858. The number of hydrogen-bond donors (Lipinski definition) is 3. The summed E-state index contributed by atoms with van der Waals surface area (Å²) in [5.74, 6) is -1.14. The largest absolute Gasteiger partial charge is 0.506 e. The number of pyridine rings is 1. The van der Waals surface area contributed by atoms with Crippen LogP contribution in [-0.4, -0.2) is 27.7 Å². The molecule has 0 saturated heterocycles. The van der Waals surface area contributed by atoms with Gasteiger partial charge in [0, 0.05) is 11.9 Å². The highest BCUT2D eigenvalue weighted by molar-refractivity contribution is 7.80. The van der Waals surface area contributed by atoms with Crippen LogP contribution in [0.4, 0.5) is 18.9 Å². The standard InChI is InChI=1S/C19H20F3N3O3S/c1-2-3-4-7-28-16-6-5-13(9-15(16)19(20,21)22)24-18(29)25-17(27)12-8-14(26)11-23-10-12/h5-6,8-11,26H,2-4,7H2,1H3,(H2,24,25,27,29). The maximum Gasteiger partial charge on any atom is 0.420 e. The molecule has 0 spiro atoms. The van der Waals surface area contributed by atoms with Crippen molar-refractivity contribution >= 4 is 28.9 Å². The van der Waals surface area contributed by atoms with Gasteiger partial charge in [-0.15, -0.1) is 0 Å². The number of amides is 1. The van der Waals surface area contributed by atoms with Gasteiger partial charge >= 0.3 is 6.18 Å². The Morgan fingerprint density at radius 3 is 2.66 bits per heavy atom. The molecule has 0 atom stereocenters. The molecule has 10 heteroatoms. The van der Waals surface area contributed by atoms with E-state index in [9.17, 15) is 23.1 Å². The normalized spacial score (nSPS) is 11.0. The molecule has 1 amide bonds. The summed E-state index contributed by atoms with van der Waals surface area (Å²) in [5, 5.41) is 14.0. The van der Waals surface area contributed by atoms with Gasteiger partial charge in [0.25, 0.3) is 5.91 Å². The molecule has 0 radical (unpaired) electrons. The molecule has 3 N–H and O–H groups in total. The predicted octanol–water partition coefficient (Wildman–Crippen LogP) is 4.50. The molecular weight excluding hydrogens is 407 g/mol. The Morgan fingerprint density at radius 1 is 1.24 bits per heavy atom. The second-order valence-electron chi connectivity index (χ2n) is 6.10. The number of alkyl halides is 3. The number of hydrogen-bond acceptors (Lipinski definition) is 5. The average molecular weight is 427 g/mol. The highest BCUT2D eigenvalue weighted by Crippen LogP contribution is 2.38. The van der Waals surface area contributed by atoms with E-state index in [2.05, 4.69) is 15.6 Å². The van der Waals surface area contributed by atoms with Crippen LogP contribution in [0.1, 0.15) is 42.1 Å². The molecule has 0 fully saturated rings. The third-order valence-electron chi connectivity index (χ3n) is 3.76. The van der Waals surface area contributed by atoms with Crippen molar-refractivity contribution < 1.29 is 27.8 Å². The number of carbonyl (C=O) groups excluding carboxylic acids is 1. The van der Waals surface area contributed by atoms with Crippen molar-refractivity contribution in [1.29, 1.82) is 0 Å². The first-order valence-electron chi connectivity index (χ1n) is 8.81. The van der Waals surface area contributed by atoms with Gasteiger partial charge in [0.1, 0.15) is 11.5 Å². The molecule has 1 aromatic heterocycles. The lowest BCUT2D eigenvalue weighted by molar-refractivity contribution is -0.138. The van der Waals surface area contributed by atoms with Crippen LogP contribution < -0.4 is 15.4 Å². The molecule has 0 unspecified atom stereocenters. The molecule has 1 heterocycles. The monoisotopic (exact) mass is 427 g/mol. The summed E-state index contributed by atoms with van der Waals surface area (Å²) in [6.45, 7) is 2.18. The third-order valence-corrected chi connectivity index (χ3v) is 3.97. The summed E-state index contributed by atoms with van der Waals surface area (Å²) in [6.07, 6.45) is 0.204. The van der Waals surface area contributed by atoms with Crippen molar-refractivity contribution in [1.82, 2.24) is 10.3 Å². The highest BCUT2D eigenvalue weighted by atomic mass is 32.1. The van der Waals surface area contributed by atoms with Crippen LogP contribution in [0.15, 0.2) is 36.7 Å². The van der Waals surface area contributed by atoms with Crippen LogP contribution in [0, 0.1) is 0 Å². The molecule has 0 aliphatic heterocycles. The number of thiocarbonyl (C=S) groups is 1. The topological polar surface area (TPSA) is 83.5 Å². The van der Waals surface area contributed by atoms with Crippen molar-refractivity contribution in [3.63, 3.8) is 0 Å². The molecule has 0 saturated carbocycles. The molecule has 2 rings (SSSR count). The van der Waals surface area contributed by atoms with E-state index in [0.29, 0.717) is 6.42 Å². The Labute approximate surface area is 171 Å². The van der Waals surface area contributed by atoms with Crippen LogP contribution in [-0.2, 0) is 6.18 Å². The predicted molar refractivity (Wildman–Crippen MR) is 106 cm³/mol. The Hall–Kier alpha value is -2.88. The van der Waals surface area contributed by atoms with Crippen molar-refractivity contribution in [2.75, 3.05) is 11.9 Å². The SMILES string of the molecule is CCCCCOc1ccc(NC(=S)NC(=O)c2cncc(O)c2)cc1C(F)(F)F. The zero-order chi connectivity index (χ0) is 21.4. The van der Waals surface area contributed by atoms with E-state index in [0.717, 1.165) is 25.1 Å². The maximum atomic E-state index is 13.4. The summed E-state index contributed by atoms with van der Waals surface area (Å²) in [6, 6.07) is 4.63. The van der Waals surface area contributed by atoms with E-state index in [4.69, 9.17) is 17.0 Å². The van der Waals surface area contributed by atoms with Gasteiger partial charge in [0.2, 0.25) is 0 Å². The van der Waals surface area contributed by atoms with Gasteiger partial charge in [-0.05, 0) is 42.9 Å². The van der Waals surface area contributed by atoms with E-state index >= 15 is 0 Å². The summed E-state index contributed by atoms with van der Waals surface area (Å²) < 4.78 is 45.4. The first-order valence-corrected chi connectivity index (χ1v) is 9.22. The first kappa shape index (κ1) is 22.4. The Bertz CT molecular complexity index is 875. The lowest BCUT2D eigenvalue weighted by atomic mass is 10.1. The second-order valence-corrected chi connectivity index (χ2v) is 6.51. The Balaban J connectivity index is 2.07. The van der Waals surface area contributed by atoms with Gasteiger partial charge in [0.05, 0.1) is 23.9 Å². The minimum Gasteiger partial charge on any atom is -0.506 e. The molecule has 0 aliphatic rings. The molecule has 29 heavy (non-hydrogen) atoms. The number of rotatable bonds is 7. The molecule has 0 bridgehead atoms. The lowest BCUT2D eigenvalue weighted by Gasteiger charge is -2.16.